The van der Waals surface area contributed by atoms with Gasteiger partial charge >= 0.3 is 0 Å². The highest BCUT2D eigenvalue weighted by molar-refractivity contribution is 7.98. The third-order valence-corrected chi connectivity index (χ3v) is 4.43. The summed E-state index contributed by atoms with van der Waals surface area (Å²) in [5, 5.41) is 12.6. The molecule has 1 aromatic carbocycles. The second kappa shape index (κ2) is 8.86. The maximum Gasteiger partial charge on any atom is 0.0446 e. The average Bonchev–Trinajstić information content (AvgIpc) is 2.39. The van der Waals surface area contributed by atoms with E-state index in [9.17, 15) is 0 Å². The molecule has 0 radical (unpaired) electrons. The molecule has 2 N–H and O–H groups in total. The molecule has 102 valence electrons. The molecule has 0 amide bonds. The Balaban J connectivity index is 2.58. The molecular weight excluding hydrogens is 262 g/mol. The van der Waals surface area contributed by atoms with E-state index in [0.717, 1.165) is 12.2 Å². The molecule has 0 fully saturated rings. The van der Waals surface area contributed by atoms with E-state index in [1.54, 1.807) is 11.8 Å². The first-order valence-electron chi connectivity index (χ1n) is 6.21. The Labute approximate surface area is 119 Å². The fourth-order valence-electron chi connectivity index (χ4n) is 1.91. The van der Waals surface area contributed by atoms with Crippen LogP contribution in [0.4, 0.5) is 0 Å². The van der Waals surface area contributed by atoms with Gasteiger partial charge < -0.3 is 10.4 Å². The minimum Gasteiger partial charge on any atom is -0.396 e. The molecule has 2 nitrogen and oxygen atoms in total. The van der Waals surface area contributed by atoms with Crippen LogP contribution >= 0.6 is 23.5 Å². The summed E-state index contributed by atoms with van der Waals surface area (Å²) in [6, 6.07) is 9.38. The van der Waals surface area contributed by atoms with Crippen molar-refractivity contribution in [3.05, 3.63) is 29.8 Å². The molecule has 1 aromatic rings. The molecule has 0 aliphatic carbocycles. The van der Waals surface area contributed by atoms with Crippen molar-refractivity contribution in [3.8, 4) is 0 Å². The Bertz CT molecular complexity index is 323. The number of aliphatic hydroxyl groups is 1. The van der Waals surface area contributed by atoms with Crippen molar-refractivity contribution in [1.29, 1.82) is 0 Å². The van der Waals surface area contributed by atoms with Crippen LogP contribution in [-0.4, -0.2) is 36.0 Å². The standard InChI is InChI=1S/C14H23NOS2/c1-11(15-13(8-9-16)10-17-2)12-4-6-14(18-3)7-5-12/h4-7,11,13,15-16H,8-10H2,1-3H3. The summed E-state index contributed by atoms with van der Waals surface area (Å²) in [6.45, 7) is 2.43. The maximum absolute atomic E-state index is 9.06. The van der Waals surface area contributed by atoms with Crippen molar-refractivity contribution in [2.24, 2.45) is 0 Å². The van der Waals surface area contributed by atoms with Gasteiger partial charge in [-0.2, -0.15) is 11.8 Å². The molecule has 0 heterocycles. The number of thioether (sulfide) groups is 2. The third kappa shape index (κ3) is 5.22. The van der Waals surface area contributed by atoms with Gasteiger partial charge in [0.1, 0.15) is 0 Å². The number of benzene rings is 1. The van der Waals surface area contributed by atoms with Crippen LogP contribution in [0.25, 0.3) is 0 Å². The molecule has 18 heavy (non-hydrogen) atoms. The molecule has 0 saturated heterocycles. The van der Waals surface area contributed by atoms with Gasteiger partial charge in [-0.1, -0.05) is 12.1 Å². The lowest BCUT2D eigenvalue weighted by Crippen LogP contribution is -2.34. The fraction of sp³-hybridized carbons (Fsp3) is 0.571. The Morgan fingerprint density at radius 1 is 1.22 bits per heavy atom. The lowest BCUT2D eigenvalue weighted by atomic mass is 10.1. The zero-order valence-electron chi connectivity index (χ0n) is 11.3. The molecule has 0 saturated carbocycles. The van der Waals surface area contributed by atoms with Crippen LogP contribution in [0.5, 0.6) is 0 Å². The quantitative estimate of drug-likeness (QED) is 0.719. The van der Waals surface area contributed by atoms with Crippen molar-refractivity contribution in [1.82, 2.24) is 5.32 Å². The molecule has 0 spiro atoms. The van der Waals surface area contributed by atoms with Gasteiger partial charge in [-0.15, -0.1) is 11.8 Å². The van der Waals surface area contributed by atoms with Crippen LogP contribution < -0.4 is 5.32 Å². The van der Waals surface area contributed by atoms with Crippen molar-refractivity contribution in [3.63, 3.8) is 0 Å². The van der Waals surface area contributed by atoms with Crippen LogP contribution in [0.15, 0.2) is 29.2 Å². The van der Waals surface area contributed by atoms with Gasteiger partial charge in [-0.05, 0) is 43.6 Å². The molecule has 0 aromatic heterocycles. The second-order valence-electron chi connectivity index (χ2n) is 4.33. The average molecular weight is 285 g/mol. The fourth-order valence-corrected chi connectivity index (χ4v) is 2.99. The summed E-state index contributed by atoms with van der Waals surface area (Å²) in [7, 11) is 0. The van der Waals surface area contributed by atoms with E-state index in [2.05, 4.69) is 49.0 Å². The zero-order chi connectivity index (χ0) is 13.4. The van der Waals surface area contributed by atoms with Crippen LogP contribution in [0.2, 0.25) is 0 Å². The predicted molar refractivity (Wildman–Crippen MR) is 83.6 cm³/mol. The van der Waals surface area contributed by atoms with Crippen molar-refractivity contribution in [2.75, 3.05) is 24.9 Å². The van der Waals surface area contributed by atoms with Crippen LogP contribution in [0, 0.1) is 0 Å². The predicted octanol–water partition coefficient (Wildman–Crippen LogP) is 3.17. The Kier molecular flexibility index (Phi) is 7.82. The topological polar surface area (TPSA) is 32.3 Å². The lowest BCUT2D eigenvalue weighted by molar-refractivity contribution is 0.265. The molecule has 1 rings (SSSR count). The molecule has 0 aliphatic rings. The minimum atomic E-state index is 0.246. The van der Waals surface area contributed by atoms with Gasteiger partial charge in [0.05, 0.1) is 0 Å². The van der Waals surface area contributed by atoms with E-state index in [-0.39, 0.29) is 6.61 Å². The van der Waals surface area contributed by atoms with Gasteiger partial charge in [0.25, 0.3) is 0 Å². The van der Waals surface area contributed by atoms with Crippen molar-refractivity contribution >= 4 is 23.5 Å². The molecule has 4 heteroatoms. The smallest absolute Gasteiger partial charge is 0.0446 e. The van der Waals surface area contributed by atoms with E-state index in [0.29, 0.717) is 12.1 Å². The summed E-state index contributed by atoms with van der Waals surface area (Å²) in [5.41, 5.74) is 1.30. The number of aliphatic hydroxyl groups excluding tert-OH is 1. The molecule has 2 unspecified atom stereocenters. The van der Waals surface area contributed by atoms with Crippen LogP contribution in [0.1, 0.15) is 24.9 Å². The minimum absolute atomic E-state index is 0.246. The summed E-state index contributed by atoms with van der Waals surface area (Å²) in [5.74, 6) is 1.04. The molecule has 2 atom stereocenters. The monoisotopic (exact) mass is 285 g/mol. The van der Waals surface area contributed by atoms with E-state index >= 15 is 0 Å². The Hall–Kier alpha value is -0.160. The third-order valence-electron chi connectivity index (χ3n) is 2.95. The van der Waals surface area contributed by atoms with Gasteiger partial charge in [0.2, 0.25) is 0 Å². The van der Waals surface area contributed by atoms with E-state index < -0.39 is 0 Å². The lowest BCUT2D eigenvalue weighted by Gasteiger charge is -2.22. The summed E-state index contributed by atoms with van der Waals surface area (Å²) in [4.78, 5) is 1.29. The van der Waals surface area contributed by atoms with Crippen LogP contribution in [-0.2, 0) is 0 Å². The van der Waals surface area contributed by atoms with E-state index in [4.69, 9.17) is 5.11 Å². The highest BCUT2D eigenvalue weighted by Crippen LogP contribution is 2.19. The largest absolute Gasteiger partial charge is 0.396 e. The molecule has 0 aliphatic heterocycles. The van der Waals surface area contributed by atoms with Gasteiger partial charge in [0, 0.05) is 29.3 Å². The zero-order valence-corrected chi connectivity index (χ0v) is 13.0. The normalized spacial score (nSPS) is 14.4. The summed E-state index contributed by atoms with van der Waals surface area (Å²) >= 11 is 3.58. The summed E-state index contributed by atoms with van der Waals surface area (Å²) in [6.07, 6.45) is 5.00. The highest BCUT2D eigenvalue weighted by Gasteiger charge is 2.12. The highest BCUT2D eigenvalue weighted by atomic mass is 32.2. The van der Waals surface area contributed by atoms with Gasteiger partial charge in [0.15, 0.2) is 0 Å². The van der Waals surface area contributed by atoms with Crippen molar-refractivity contribution < 1.29 is 5.11 Å². The van der Waals surface area contributed by atoms with E-state index in [1.165, 1.54) is 10.5 Å². The van der Waals surface area contributed by atoms with Gasteiger partial charge in [-0.25, -0.2) is 0 Å². The Morgan fingerprint density at radius 2 is 1.89 bits per heavy atom. The summed E-state index contributed by atoms with van der Waals surface area (Å²) < 4.78 is 0. The molecular formula is C14H23NOS2. The van der Waals surface area contributed by atoms with Gasteiger partial charge in [-0.3, -0.25) is 0 Å². The maximum atomic E-state index is 9.06. The number of hydrogen-bond donors (Lipinski definition) is 2. The van der Waals surface area contributed by atoms with Crippen LogP contribution in [0.3, 0.4) is 0 Å². The number of hydrogen-bond acceptors (Lipinski definition) is 4. The first kappa shape index (κ1) is 15.9. The molecule has 0 bridgehead atoms. The number of rotatable bonds is 8. The first-order chi connectivity index (χ1) is 8.71. The number of nitrogens with one attached hydrogen (secondary N) is 1. The van der Waals surface area contributed by atoms with Crippen molar-refractivity contribution in [2.45, 2.75) is 30.3 Å². The Morgan fingerprint density at radius 3 is 2.39 bits per heavy atom. The van der Waals surface area contributed by atoms with E-state index in [1.807, 2.05) is 11.8 Å². The first-order valence-corrected chi connectivity index (χ1v) is 8.83. The second-order valence-corrected chi connectivity index (χ2v) is 6.12. The SMILES string of the molecule is CSCC(CCO)NC(C)c1ccc(SC)cc1.